The zero-order valence-corrected chi connectivity index (χ0v) is 10.4. The number of nitrogens with zero attached hydrogens (tertiary/aromatic N) is 2. The molecule has 0 bridgehead atoms. The van der Waals surface area contributed by atoms with Crippen molar-refractivity contribution in [2.24, 2.45) is 5.73 Å². The molecule has 1 unspecified atom stereocenters. The van der Waals surface area contributed by atoms with Gasteiger partial charge in [-0.05, 0) is 18.6 Å². The van der Waals surface area contributed by atoms with Crippen LogP contribution in [0.25, 0.3) is 0 Å². The predicted molar refractivity (Wildman–Crippen MR) is 67.2 cm³/mol. The van der Waals surface area contributed by atoms with Crippen LogP contribution in [-0.2, 0) is 9.59 Å². The molecule has 1 aliphatic rings. The Bertz CT molecular complexity index is 526. The van der Waals surface area contributed by atoms with Gasteiger partial charge in [-0.15, -0.1) is 0 Å². The Morgan fingerprint density at radius 3 is 2.79 bits per heavy atom. The number of hydrogen-bond acceptors (Lipinski definition) is 5. The van der Waals surface area contributed by atoms with Gasteiger partial charge in [0, 0.05) is 19.7 Å². The Hall–Kier alpha value is -2.44. The SMILES string of the molecule is CN1C(=O)CCC(Nc2ccc(C(N)=O)cn2)C1=O. The fraction of sp³-hybridized carbons (Fsp3) is 0.333. The molecule has 1 fully saturated rings. The van der Waals surface area contributed by atoms with E-state index in [9.17, 15) is 14.4 Å². The number of likely N-dealkylation sites (tertiary alicyclic amines) is 1. The number of anilines is 1. The van der Waals surface area contributed by atoms with E-state index in [1.807, 2.05) is 0 Å². The molecule has 1 atom stereocenters. The smallest absolute Gasteiger partial charge is 0.251 e. The van der Waals surface area contributed by atoms with Crippen molar-refractivity contribution >= 4 is 23.5 Å². The van der Waals surface area contributed by atoms with Crippen LogP contribution < -0.4 is 11.1 Å². The average molecular weight is 262 g/mol. The summed E-state index contributed by atoms with van der Waals surface area (Å²) in [7, 11) is 1.46. The largest absolute Gasteiger partial charge is 0.366 e. The number of aromatic nitrogens is 1. The predicted octanol–water partition coefficient (Wildman–Crippen LogP) is -0.260. The van der Waals surface area contributed by atoms with Crippen LogP contribution in [0.1, 0.15) is 23.2 Å². The van der Waals surface area contributed by atoms with E-state index in [0.717, 1.165) is 4.90 Å². The fourth-order valence-electron chi connectivity index (χ4n) is 1.85. The molecule has 19 heavy (non-hydrogen) atoms. The van der Waals surface area contributed by atoms with Crippen LogP contribution >= 0.6 is 0 Å². The zero-order chi connectivity index (χ0) is 14.0. The first-order chi connectivity index (χ1) is 8.99. The lowest BCUT2D eigenvalue weighted by atomic mass is 10.0. The molecular formula is C12H14N4O3. The number of carbonyl (C=O) groups excluding carboxylic acids is 3. The third kappa shape index (κ3) is 2.70. The second kappa shape index (κ2) is 5.05. The molecule has 0 saturated carbocycles. The second-order valence-corrected chi connectivity index (χ2v) is 4.32. The van der Waals surface area contributed by atoms with E-state index in [4.69, 9.17) is 5.73 Å². The average Bonchev–Trinajstić information content (AvgIpc) is 2.40. The van der Waals surface area contributed by atoms with Gasteiger partial charge in [-0.2, -0.15) is 0 Å². The van der Waals surface area contributed by atoms with Gasteiger partial charge >= 0.3 is 0 Å². The highest BCUT2D eigenvalue weighted by Gasteiger charge is 2.31. The molecule has 3 N–H and O–H groups in total. The van der Waals surface area contributed by atoms with Crippen molar-refractivity contribution in [2.45, 2.75) is 18.9 Å². The highest BCUT2D eigenvalue weighted by Crippen LogP contribution is 2.16. The van der Waals surface area contributed by atoms with Crippen molar-refractivity contribution < 1.29 is 14.4 Å². The highest BCUT2D eigenvalue weighted by atomic mass is 16.2. The lowest BCUT2D eigenvalue weighted by Crippen LogP contribution is -2.48. The molecule has 0 aromatic carbocycles. The van der Waals surface area contributed by atoms with Crippen LogP contribution in [-0.4, -0.2) is 40.7 Å². The minimum absolute atomic E-state index is 0.180. The van der Waals surface area contributed by atoms with E-state index < -0.39 is 11.9 Å². The van der Waals surface area contributed by atoms with Crippen molar-refractivity contribution in [3.8, 4) is 0 Å². The van der Waals surface area contributed by atoms with Crippen LogP contribution in [0.5, 0.6) is 0 Å². The Kier molecular flexibility index (Phi) is 3.46. The first kappa shape index (κ1) is 13.0. The maximum atomic E-state index is 11.9. The maximum Gasteiger partial charge on any atom is 0.251 e. The lowest BCUT2D eigenvalue weighted by molar-refractivity contribution is -0.146. The van der Waals surface area contributed by atoms with Crippen molar-refractivity contribution in [3.63, 3.8) is 0 Å². The van der Waals surface area contributed by atoms with Gasteiger partial charge in [-0.25, -0.2) is 4.98 Å². The number of piperidine rings is 1. The molecule has 2 heterocycles. The third-order valence-corrected chi connectivity index (χ3v) is 3.02. The zero-order valence-electron chi connectivity index (χ0n) is 10.4. The van der Waals surface area contributed by atoms with Crippen molar-refractivity contribution in [3.05, 3.63) is 23.9 Å². The standard InChI is InChI=1S/C12H14N4O3/c1-16-10(17)5-3-8(12(16)19)15-9-4-2-7(6-14-9)11(13)18/h2,4,6,8H,3,5H2,1H3,(H2,13,18)(H,14,15). The van der Waals surface area contributed by atoms with Gasteiger partial charge in [-0.3, -0.25) is 19.3 Å². The van der Waals surface area contributed by atoms with Gasteiger partial charge in [0.25, 0.3) is 5.91 Å². The normalized spacial score (nSPS) is 19.4. The molecular weight excluding hydrogens is 248 g/mol. The van der Waals surface area contributed by atoms with Gasteiger partial charge in [0.15, 0.2) is 0 Å². The maximum absolute atomic E-state index is 11.9. The van der Waals surface area contributed by atoms with Crippen LogP contribution in [0, 0.1) is 0 Å². The van der Waals surface area contributed by atoms with E-state index in [1.165, 1.54) is 19.3 Å². The third-order valence-electron chi connectivity index (χ3n) is 3.02. The van der Waals surface area contributed by atoms with Crippen LogP contribution in [0.3, 0.4) is 0 Å². The molecule has 0 aliphatic carbocycles. The van der Waals surface area contributed by atoms with Gasteiger partial charge in [0.1, 0.15) is 11.9 Å². The molecule has 1 saturated heterocycles. The Balaban J connectivity index is 2.07. The molecule has 3 amide bonds. The number of imide groups is 1. The molecule has 7 heteroatoms. The van der Waals surface area contributed by atoms with Crippen molar-refractivity contribution in [2.75, 3.05) is 12.4 Å². The minimum Gasteiger partial charge on any atom is -0.366 e. The number of hydrogen-bond donors (Lipinski definition) is 2. The quantitative estimate of drug-likeness (QED) is 0.730. The number of carbonyl (C=O) groups is 3. The van der Waals surface area contributed by atoms with E-state index >= 15 is 0 Å². The number of primary amides is 1. The van der Waals surface area contributed by atoms with Crippen molar-refractivity contribution in [1.82, 2.24) is 9.88 Å². The van der Waals surface area contributed by atoms with Crippen molar-refractivity contribution in [1.29, 1.82) is 0 Å². The molecule has 0 radical (unpaired) electrons. The number of rotatable bonds is 3. The fourth-order valence-corrected chi connectivity index (χ4v) is 1.85. The number of likely N-dealkylation sites (N-methyl/N-ethyl adjacent to an activating group) is 1. The topological polar surface area (TPSA) is 105 Å². The van der Waals surface area contributed by atoms with Crippen LogP contribution in [0.4, 0.5) is 5.82 Å². The molecule has 7 nitrogen and oxygen atoms in total. The lowest BCUT2D eigenvalue weighted by Gasteiger charge is -2.28. The number of nitrogens with one attached hydrogen (secondary N) is 1. The van der Waals surface area contributed by atoms with Gasteiger partial charge in [0.2, 0.25) is 11.8 Å². The van der Waals surface area contributed by atoms with Crippen LogP contribution in [0.15, 0.2) is 18.3 Å². The van der Waals surface area contributed by atoms with E-state index in [0.29, 0.717) is 24.2 Å². The summed E-state index contributed by atoms with van der Waals surface area (Å²) < 4.78 is 0. The molecule has 1 aromatic rings. The first-order valence-corrected chi connectivity index (χ1v) is 5.82. The van der Waals surface area contributed by atoms with E-state index in [-0.39, 0.29) is 11.8 Å². The number of nitrogens with two attached hydrogens (primary N) is 1. The van der Waals surface area contributed by atoms with Gasteiger partial charge in [0.05, 0.1) is 5.56 Å². The van der Waals surface area contributed by atoms with E-state index in [1.54, 1.807) is 6.07 Å². The van der Waals surface area contributed by atoms with Gasteiger partial charge < -0.3 is 11.1 Å². The number of amides is 3. The Labute approximate surface area is 109 Å². The minimum atomic E-state index is -0.557. The number of pyridine rings is 1. The summed E-state index contributed by atoms with van der Waals surface area (Å²) in [5.74, 6) is -0.554. The molecule has 1 aromatic heterocycles. The summed E-state index contributed by atoms with van der Waals surface area (Å²) in [6.07, 6.45) is 2.09. The summed E-state index contributed by atoms with van der Waals surface area (Å²) in [5.41, 5.74) is 5.40. The Morgan fingerprint density at radius 1 is 1.47 bits per heavy atom. The molecule has 1 aliphatic heterocycles. The molecule has 2 rings (SSSR count). The monoisotopic (exact) mass is 262 g/mol. The molecule has 0 spiro atoms. The van der Waals surface area contributed by atoms with Gasteiger partial charge in [-0.1, -0.05) is 0 Å². The summed E-state index contributed by atoms with van der Waals surface area (Å²) in [5, 5.41) is 2.94. The first-order valence-electron chi connectivity index (χ1n) is 5.82. The van der Waals surface area contributed by atoms with Crippen LogP contribution in [0.2, 0.25) is 0 Å². The summed E-state index contributed by atoms with van der Waals surface area (Å²) in [6.45, 7) is 0. The Morgan fingerprint density at radius 2 is 2.21 bits per heavy atom. The highest BCUT2D eigenvalue weighted by molar-refractivity contribution is 6.01. The summed E-state index contributed by atoms with van der Waals surface area (Å²) >= 11 is 0. The summed E-state index contributed by atoms with van der Waals surface area (Å²) in [6, 6.07) is 2.62. The summed E-state index contributed by atoms with van der Waals surface area (Å²) in [4.78, 5) is 39.2. The second-order valence-electron chi connectivity index (χ2n) is 4.32. The molecule has 100 valence electrons. The van der Waals surface area contributed by atoms with E-state index in [2.05, 4.69) is 10.3 Å².